The van der Waals surface area contributed by atoms with Crippen molar-refractivity contribution in [3.63, 3.8) is 0 Å². The number of amides is 1. The van der Waals surface area contributed by atoms with Crippen molar-refractivity contribution in [2.45, 2.75) is 26.9 Å². The van der Waals surface area contributed by atoms with Gasteiger partial charge in [-0.05, 0) is 24.5 Å². The van der Waals surface area contributed by atoms with E-state index in [-0.39, 0.29) is 12.5 Å². The minimum absolute atomic E-state index is 0.224. The van der Waals surface area contributed by atoms with E-state index >= 15 is 0 Å². The zero-order valence-electron chi connectivity index (χ0n) is 17.7. The first kappa shape index (κ1) is 21.4. The van der Waals surface area contributed by atoms with Gasteiger partial charge in [0.15, 0.2) is 11.0 Å². The van der Waals surface area contributed by atoms with Crippen LogP contribution in [-0.4, -0.2) is 35.1 Å². The molecule has 0 saturated heterocycles. The normalized spacial score (nSPS) is 11.1. The number of carbonyl (C=O) groups is 1. The van der Waals surface area contributed by atoms with Crippen LogP contribution in [0.3, 0.4) is 0 Å². The number of nitrogens with zero attached hydrogens (tertiary/aromatic N) is 3. The Hall–Kier alpha value is -2.88. The Kier molecular flexibility index (Phi) is 6.26. The minimum atomic E-state index is -0.224. The lowest BCUT2D eigenvalue weighted by atomic mass is 10.1. The first-order valence-corrected chi connectivity index (χ1v) is 11.4. The van der Waals surface area contributed by atoms with Gasteiger partial charge in [0.05, 0.1) is 23.1 Å². The molecule has 0 saturated carbocycles. The van der Waals surface area contributed by atoms with E-state index in [4.69, 9.17) is 9.47 Å². The van der Waals surface area contributed by atoms with E-state index in [0.29, 0.717) is 26.5 Å². The molecule has 160 valence electrons. The van der Waals surface area contributed by atoms with Gasteiger partial charge in [-0.15, -0.1) is 22.7 Å². The lowest BCUT2D eigenvalue weighted by Crippen LogP contribution is -2.11. The van der Waals surface area contributed by atoms with E-state index < -0.39 is 0 Å². The summed E-state index contributed by atoms with van der Waals surface area (Å²) in [7, 11) is 3.14. The lowest BCUT2D eigenvalue weighted by Gasteiger charge is -2.05. The molecule has 0 aliphatic heterocycles. The Morgan fingerprint density at radius 3 is 2.58 bits per heavy atom. The number of thiazole rings is 1. The van der Waals surface area contributed by atoms with Crippen LogP contribution in [0.2, 0.25) is 0 Å². The lowest BCUT2D eigenvalue weighted by molar-refractivity contribution is 0.103. The third-order valence-corrected chi connectivity index (χ3v) is 6.80. The number of anilines is 1. The van der Waals surface area contributed by atoms with Gasteiger partial charge < -0.3 is 9.47 Å². The van der Waals surface area contributed by atoms with Gasteiger partial charge in [0.1, 0.15) is 11.4 Å². The van der Waals surface area contributed by atoms with Crippen LogP contribution in [0.4, 0.5) is 5.13 Å². The maximum atomic E-state index is 13.0. The number of ether oxygens (including phenoxy) is 2. The van der Waals surface area contributed by atoms with Gasteiger partial charge in [-0.2, -0.15) is 4.98 Å². The fourth-order valence-corrected chi connectivity index (χ4v) is 5.03. The third kappa shape index (κ3) is 4.30. The molecule has 0 radical (unpaired) electrons. The number of hydrogen-bond donors (Lipinski definition) is 1. The second-order valence-electron chi connectivity index (χ2n) is 6.86. The summed E-state index contributed by atoms with van der Waals surface area (Å²) in [6, 6.07) is 8.30. The molecule has 0 atom stereocenters. The van der Waals surface area contributed by atoms with Crippen molar-refractivity contribution in [3.05, 3.63) is 51.5 Å². The zero-order valence-corrected chi connectivity index (χ0v) is 19.3. The summed E-state index contributed by atoms with van der Waals surface area (Å²) in [6.45, 7) is 4.27. The molecule has 1 amide bonds. The quantitative estimate of drug-likeness (QED) is 0.418. The topological polar surface area (TPSA) is 86.2 Å². The van der Waals surface area contributed by atoms with Crippen LogP contribution in [0, 0.1) is 6.92 Å². The van der Waals surface area contributed by atoms with Gasteiger partial charge in [0, 0.05) is 18.1 Å². The fourth-order valence-electron chi connectivity index (χ4n) is 3.23. The van der Waals surface area contributed by atoms with E-state index in [2.05, 4.69) is 51.5 Å². The summed E-state index contributed by atoms with van der Waals surface area (Å²) in [5, 5.41) is 6.15. The Balaban J connectivity index is 1.60. The molecule has 4 aromatic rings. The van der Waals surface area contributed by atoms with Gasteiger partial charge in [-0.3, -0.25) is 10.1 Å². The number of methoxy groups -OCH3 is 2. The molecule has 1 N–H and O–H groups in total. The smallest absolute Gasteiger partial charge is 0.267 e. The molecule has 0 unspecified atom stereocenters. The van der Waals surface area contributed by atoms with Gasteiger partial charge >= 0.3 is 0 Å². The predicted octanol–water partition coefficient (Wildman–Crippen LogP) is 5.09. The second kappa shape index (κ2) is 9.09. The molecule has 31 heavy (non-hydrogen) atoms. The summed E-state index contributed by atoms with van der Waals surface area (Å²) >= 11 is 2.71. The highest BCUT2D eigenvalue weighted by atomic mass is 32.1. The van der Waals surface area contributed by atoms with Crippen LogP contribution >= 0.6 is 22.7 Å². The van der Waals surface area contributed by atoms with E-state index in [1.807, 2.05) is 12.3 Å². The number of nitrogens with one attached hydrogen (secondary N) is 1. The summed E-state index contributed by atoms with van der Waals surface area (Å²) in [6.07, 6.45) is 0.995. The van der Waals surface area contributed by atoms with Gasteiger partial charge in [0.2, 0.25) is 5.88 Å². The number of rotatable bonds is 7. The number of hydrogen-bond acceptors (Lipinski definition) is 8. The summed E-state index contributed by atoms with van der Waals surface area (Å²) in [5.41, 5.74) is 3.93. The third-order valence-electron chi connectivity index (χ3n) is 4.86. The van der Waals surface area contributed by atoms with Crippen LogP contribution in [0.25, 0.3) is 21.5 Å². The van der Waals surface area contributed by atoms with Crippen molar-refractivity contribution in [1.82, 2.24) is 15.0 Å². The Bertz CT molecular complexity index is 1230. The molecule has 3 aromatic heterocycles. The number of aryl methyl sites for hydroxylation is 2. The first-order valence-electron chi connectivity index (χ1n) is 9.73. The van der Waals surface area contributed by atoms with Crippen LogP contribution < -0.4 is 10.1 Å². The van der Waals surface area contributed by atoms with Crippen molar-refractivity contribution in [2.75, 3.05) is 19.5 Å². The van der Waals surface area contributed by atoms with E-state index in [0.717, 1.165) is 28.6 Å². The van der Waals surface area contributed by atoms with Crippen molar-refractivity contribution in [3.8, 4) is 17.1 Å². The molecule has 3 heterocycles. The van der Waals surface area contributed by atoms with Gasteiger partial charge in [0.25, 0.3) is 5.91 Å². The maximum Gasteiger partial charge on any atom is 0.267 e. The van der Waals surface area contributed by atoms with Crippen molar-refractivity contribution >= 4 is 43.9 Å². The highest BCUT2D eigenvalue weighted by Gasteiger charge is 2.22. The molecule has 1 aromatic carbocycles. The highest BCUT2D eigenvalue weighted by Crippen LogP contribution is 2.36. The largest absolute Gasteiger partial charge is 0.480 e. The van der Waals surface area contributed by atoms with Gasteiger partial charge in [-0.1, -0.05) is 31.2 Å². The zero-order chi connectivity index (χ0) is 22.0. The molecule has 9 heteroatoms. The molecule has 0 spiro atoms. The SMILES string of the molecule is CCc1ccc(-c2csc(NC(=O)c3sc4nc(COC)nc(OC)c4c3C)n2)cc1. The van der Waals surface area contributed by atoms with Crippen molar-refractivity contribution < 1.29 is 14.3 Å². The van der Waals surface area contributed by atoms with Crippen LogP contribution in [0.5, 0.6) is 5.88 Å². The summed E-state index contributed by atoms with van der Waals surface area (Å²) in [4.78, 5) is 27.7. The average molecular weight is 455 g/mol. The molecule has 7 nitrogen and oxygen atoms in total. The second-order valence-corrected chi connectivity index (χ2v) is 8.72. The molecule has 0 aliphatic rings. The number of fused-ring (bicyclic) bond motifs is 1. The number of thiophene rings is 1. The molecular weight excluding hydrogens is 432 g/mol. The Labute approximate surface area is 188 Å². The van der Waals surface area contributed by atoms with E-state index in [1.54, 1.807) is 14.2 Å². The molecule has 0 bridgehead atoms. The van der Waals surface area contributed by atoms with Crippen LogP contribution in [-0.2, 0) is 17.8 Å². The average Bonchev–Trinajstić information content (AvgIpc) is 3.38. The summed E-state index contributed by atoms with van der Waals surface area (Å²) in [5.74, 6) is 0.730. The van der Waals surface area contributed by atoms with Crippen molar-refractivity contribution in [1.29, 1.82) is 0 Å². The first-order chi connectivity index (χ1) is 15.0. The predicted molar refractivity (Wildman–Crippen MR) is 124 cm³/mol. The van der Waals surface area contributed by atoms with E-state index in [9.17, 15) is 4.79 Å². The standard InChI is InChI=1S/C22H22N4O3S2/c1-5-13-6-8-14(9-7-13)15-11-30-22(23-15)26-19(27)18-12(2)17-20(29-4)24-16(10-28-3)25-21(17)31-18/h6-9,11H,5,10H2,1-4H3,(H,23,26,27). The number of carbonyl (C=O) groups excluding carboxylic acids is 1. The summed E-state index contributed by atoms with van der Waals surface area (Å²) < 4.78 is 10.6. The molecular formula is C22H22N4O3S2. The molecule has 0 fully saturated rings. The number of aromatic nitrogens is 3. The highest BCUT2D eigenvalue weighted by molar-refractivity contribution is 7.21. The maximum absolute atomic E-state index is 13.0. The monoisotopic (exact) mass is 454 g/mol. The fraction of sp³-hybridized carbons (Fsp3) is 0.273. The van der Waals surface area contributed by atoms with Gasteiger partial charge in [-0.25, -0.2) is 9.97 Å². The van der Waals surface area contributed by atoms with Crippen LogP contribution in [0.1, 0.15) is 33.5 Å². The van der Waals surface area contributed by atoms with Crippen molar-refractivity contribution in [2.24, 2.45) is 0 Å². The molecule has 4 rings (SSSR count). The minimum Gasteiger partial charge on any atom is -0.480 e. The molecule has 0 aliphatic carbocycles. The van der Waals surface area contributed by atoms with E-state index in [1.165, 1.54) is 28.2 Å². The Morgan fingerprint density at radius 2 is 1.90 bits per heavy atom. The van der Waals surface area contributed by atoms with Crippen LogP contribution in [0.15, 0.2) is 29.6 Å². The number of benzene rings is 1. The Morgan fingerprint density at radius 1 is 1.13 bits per heavy atom.